The van der Waals surface area contributed by atoms with Gasteiger partial charge in [-0.2, -0.15) is 5.10 Å². The van der Waals surface area contributed by atoms with Gasteiger partial charge in [-0.1, -0.05) is 50.2 Å². The van der Waals surface area contributed by atoms with Gasteiger partial charge in [0.05, 0.1) is 12.6 Å². The topological polar surface area (TPSA) is 90.9 Å². The van der Waals surface area contributed by atoms with Crippen LogP contribution in [-0.4, -0.2) is 42.0 Å². The van der Waals surface area contributed by atoms with E-state index in [-0.39, 0.29) is 30.0 Å². The molecule has 1 unspecified atom stereocenters. The summed E-state index contributed by atoms with van der Waals surface area (Å²) in [5, 5.41) is 10.9. The van der Waals surface area contributed by atoms with Crippen LogP contribution in [0.3, 0.4) is 0 Å². The molecule has 168 valence electrons. The van der Waals surface area contributed by atoms with Gasteiger partial charge in [0.1, 0.15) is 17.9 Å². The highest BCUT2D eigenvalue weighted by atomic mass is 19.1. The largest absolute Gasteiger partial charge is 0.344 e. The highest BCUT2D eigenvalue weighted by molar-refractivity contribution is 5.96. The van der Waals surface area contributed by atoms with E-state index in [0.29, 0.717) is 17.5 Å². The molecular weight excluding hydrogens is 411 g/mol. The van der Waals surface area contributed by atoms with Gasteiger partial charge in [-0.15, -0.1) is 0 Å². The second kappa shape index (κ2) is 10.2. The highest BCUT2D eigenvalue weighted by Gasteiger charge is 2.32. The molecule has 2 N–H and O–H groups in total. The number of likely N-dealkylation sites (N-methyl/N-ethyl adjacent to an activating group) is 1. The van der Waals surface area contributed by atoms with Gasteiger partial charge < -0.3 is 10.6 Å². The maximum absolute atomic E-state index is 13.2. The molecule has 1 aliphatic rings. The van der Waals surface area contributed by atoms with Crippen molar-refractivity contribution in [3.05, 3.63) is 71.0 Å². The fourth-order valence-electron chi connectivity index (χ4n) is 3.54. The number of hydrogen-bond acceptors (Lipinski definition) is 4. The van der Waals surface area contributed by atoms with Gasteiger partial charge in [-0.25, -0.2) is 9.40 Å². The minimum atomic E-state index is -0.921. The standard InChI is InChI=1S/C24H27FN4O3/c1-15(2)12-20(27-21(30)13-16-8-10-18(25)11-9-16)23(31)28-22-19-7-5-4-6-17(19)14-26-29(3)24(22)32/h4-11,14-15,20,22H,12-13H2,1-3H3,(H,27,30)(H,28,31)/t20-,22?/m0/s1. The van der Waals surface area contributed by atoms with Crippen LogP contribution in [0.25, 0.3) is 0 Å². The van der Waals surface area contributed by atoms with Crippen molar-refractivity contribution in [2.24, 2.45) is 11.0 Å². The number of hydrazone groups is 1. The van der Waals surface area contributed by atoms with E-state index in [1.807, 2.05) is 26.0 Å². The van der Waals surface area contributed by atoms with Crippen LogP contribution in [-0.2, 0) is 20.8 Å². The number of nitrogens with one attached hydrogen (secondary N) is 2. The second-order valence-electron chi connectivity index (χ2n) is 8.23. The average Bonchev–Trinajstić information content (AvgIpc) is 2.87. The average molecular weight is 439 g/mol. The van der Waals surface area contributed by atoms with Gasteiger partial charge in [0.25, 0.3) is 5.91 Å². The Kier molecular flexibility index (Phi) is 7.35. The van der Waals surface area contributed by atoms with Crippen LogP contribution in [0.2, 0.25) is 0 Å². The van der Waals surface area contributed by atoms with Crippen LogP contribution in [0.15, 0.2) is 53.6 Å². The fraction of sp³-hybridized carbons (Fsp3) is 0.333. The van der Waals surface area contributed by atoms with Crippen LogP contribution in [0, 0.1) is 11.7 Å². The first-order chi connectivity index (χ1) is 15.2. The summed E-state index contributed by atoms with van der Waals surface area (Å²) in [4.78, 5) is 38.6. The molecule has 2 aromatic rings. The zero-order valence-corrected chi connectivity index (χ0v) is 18.3. The number of fused-ring (bicyclic) bond motifs is 1. The molecular formula is C24H27FN4O3. The van der Waals surface area contributed by atoms with Crippen molar-refractivity contribution in [2.45, 2.75) is 38.8 Å². The SMILES string of the molecule is CC(C)C[C@H](NC(=O)Cc1ccc(F)cc1)C(=O)NC1C(=O)N(C)N=Cc2ccccc21. The molecule has 0 saturated heterocycles. The Bertz CT molecular complexity index is 1020. The molecule has 0 aromatic heterocycles. The predicted octanol–water partition coefficient (Wildman–Crippen LogP) is 2.56. The van der Waals surface area contributed by atoms with E-state index >= 15 is 0 Å². The molecule has 7 nitrogen and oxygen atoms in total. The smallest absolute Gasteiger partial charge is 0.269 e. The minimum absolute atomic E-state index is 0.0178. The molecule has 2 aromatic carbocycles. The fourth-order valence-corrected chi connectivity index (χ4v) is 3.54. The Morgan fingerprint density at radius 1 is 1.12 bits per heavy atom. The lowest BCUT2D eigenvalue weighted by Gasteiger charge is -2.25. The Morgan fingerprint density at radius 3 is 2.50 bits per heavy atom. The minimum Gasteiger partial charge on any atom is -0.344 e. The van der Waals surface area contributed by atoms with Crippen LogP contribution >= 0.6 is 0 Å². The second-order valence-corrected chi connectivity index (χ2v) is 8.23. The van der Waals surface area contributed by atoms with Crippen molar-refractivity contribution in [1.82, 2.24) is 15.6 Å². The number of amides is 3. The lowest BCUT2D eigenvalue weighted by atomic mass is 9.98. The quantitative estimate of drug-likeness (QED) is 0.696. The lowest BCUT2D eigenvalue weighted by Crippen LogP contribution is -2.50. The van der Waals surface area contributed by atoms with E-state index in [1.54, 1.807) is 18.3 Å². The van der Waals surface area contributed by atoms with E-state index in [2.05, 4.69) is 15.7 Å². The molecule has 1 heterocycles. The zero-order chi connectivity index (χ0) is 23.3. The molecule has 0 fully saturated rings. The van der Waals surface area contributed by atoms with Gasteiger partial charge in [-0.3, -0.25) is 14.4 Å². The number of benzene rings is 2. The van der Waals surface area contributed by atoms with E-state index in [1.165, 1.54) is 36.3 Å². The number of hydrogen-bond donors (Lipinski definition) is 2. The first-order valence-corrected chi connectivity index (χ1v) is 10.5. The molecule has 2 atom stereocenters. The Balaban J connectivity index is 1.76. The van der Waals surface area contributed by atoms with Crippen molar-refractivity contribution in [1.29, 1.82) is 0 Å². The van der Waals surface area contributed by atoms with Crippen molar-refractivity contribution in [3.8, 4) is 0 Å². The third-order valence-electron chi connectivity index (χ3n) is 5.17. The third-order valence-corrected chi connectivity index (χ3v) is 5.17. The summed E-state index contributed by atoms with van der Waals surface area (Å²) in [5.41, 5.74) is 2.01. The molecule has 0 bridgehead atoms. The summed E-state index contributed by atoms with van der Waals surface area (Å²) in [6, 6.07) is 11.1. The molecule has 3 rings (SSSR count). The van der Waals surface area contributed by atoms with Gasteiger partial charge in [0.2, 0.25) is 11.8 Å². The summed E-state index contributed by atoms with van der Waals surface area (Å²) < 4.78 is 13.1. The van der Waals surface area contributed by atoms with Crippen LogP contribution < -0.4 is 10.6 Å². The number of carbonyl (C=O) groups is 3. The van der Waals surface area contributed by atoms with Crippen LogP contribution in [0.1, 0.15) is 43.0 Å². The van der Waals surface area contributed by atoms with E-state index in [4.69, 9.17) is 0 Å². The summed E-state index contributed by atoms with van der Waals surface area (Å²) in [6.45, 7) is 3.89. The normalized spacial score (nSPS) is 16.3. The van der Waals surface area contributed by atoms with Crippen molar-refractivity contribution >= 4 is 23.9 Å². The van der Waals surface area contributed by atoms with Gasteiger partial charge in [0.15, 0.2) is 0 Å². The maximum atomic E-state index is 13.2. The summed E-state index contributed by atoms with van der Waals surface area (Å²) >= 11 is 0. The Labute approximate surface area is 186 Å². The van der Waals surface area contributed by atoms with Crippen LogP contribution in [0.5, 0.6) is 0 Å². The molecule has 3 amide bonds. The Hall–Kier alpha value is -3.55. The number of halogens is 1. The van der Waals surface area contributed by atoms with Crippen molar-refractivity contribution in [2.75, 3.05) is 7.05 Å². The first kappa shape index (κ1) is 23.1. The maximum Gasteiger partial charge on any atom is 0.269 e. The van der Waals surface area contributed by atoms with Gasteiger partial charge >= 0.3 is 0 Å². The highest BCUT2D eigenvalue weighted by Crippen LogP contribution is 2.22. The molecule has 32 heavy (non-hydrogen) atoms. The molecule has 0 spiro atoms. The molecule has 0 aliphatic carbocycles. The molecule has 0 radical (unpaired) electrons. The molecule has 1 aliphatic heterocycles. The van der Waals surface area contributed by atoms with E-state index < -0.39 is 18.0 Å². The van der Waals surface area contributed by atoms with Crippen molar-refractivity contribution in [3.63, 3.8) is 0 Å². The van der Waals surface area contributed by atoms with Gasteiger partial charge in [0, 0.05) is 12.6 Å². The zero-order valence-electron chi connectivity index (χ0n) is 18.3. The van der Waals surface area contributed by atoms with E-state index in [0.717, 1.165) is 5.56 Å². The van der Waals surface area contributed by atoms with Crippen molar-refractivity contribution < 1.29 is 18.8 Å². The number of rotatable bonds is 7. The summed E-state index contributed by atoms with van der Waals surface area (Å²) in [6.07, 6.45) is 2.00. The predicted molar refractivity (Wildman–Crippen MR) is 119 cm³/mol. The van der Waals surface area contributed by atoms with Gasteiger partial charge in [-0.05, 0) is 35.6 Å². The lowest BCUT2D eigenvalue weighted by molar-refractivity contribution is -0.136. The molecule has 8 heteroatoms. The summed E-state index contributed by atoms with van der Waals surface area (Å²) in [7, 11) is 1.53. The third kappa shape index (κ3) is 5.78. The monoisotopic (exact) mass is 438 g/mol. The van der Waals surface area contributed by atoms with Crippen LogP contribution in [0.4, 0.5) is 4.39 Å². The first-order valence-electron chi connectivity index (χ1n) is 10.5. The van der Waals surface area contributed by atoms with E-state index in [9.17, 15) is 18.8 Å². The summed E-state index contributed by atoms with van der Waals surface area (Å²) in [5.74, 6) is -1.44. The molecule has 0 saturated carbocycles. The number of nitrogens with zero attached hydrogens (tertiary/aromatic N) is 2. The Morgan fingerprint density at radius 2 is 1.81 bits per heavy atom. The number of carbonyl (C=O) groups excluding carboxylic acids is 3.